The lowest BCUT2D eigenvalue weighted by Crippen LogP contribution is -2.48. The smallest absolute Gasteiger partial charge is 0.191 e. The van der Waals surface area contributed by atoms with Gasteiger partial charge in [0.25, 0.3) is 0 Å². The van der Waals surface area contributed by atoms with Crippen molar-refractivity contribution < 1.29 is 4.74 Å². The first-order valence-corrected chi connectivity index (χ1v) is 7.25. The molecule has 0 amide bonds. The molecule has 0 spiro atoms. The van der Waals surface area contributed by atoms with Gasteiger partial charge in [-0.2, -0.15) is 5.26 Å². The first-order chi connectivity index (χ1) is 9.19. The molecule has 0 aromatic heterocycles. The summed E-state index contributed by atoms with van der Waals surface area (Å²) in [5.74, 6) is 1.51. The highest BCUT2D eigenvalue weighted by Gasteiger charge is 2.22. The van der Waals surface area contributed by atoms with Gasteiger partial charge in [0.1, 0.15) is 0 Å². The first-order valence-electron chi connectivity index (χ1n) is 7.25. The van der Waals surface area contributed by atoms with Crippen molar-refractivity contribution in [2.75, 3.05) is 26.2 Å². The zero-order valence-corrected chi connectivity index (χ0v) is 14.5. The molecule has 1 atom stereocenters. The van der Waals surface area contributed by atoms with Crippen molar-refractivity contribution >= 4 is 29.9 Å². The van der Waals surface area contributed by atoms with Crippen LogP contribution in [-0.2, 0) is 4.74 Å². The summed E-state index contributed by atoms with van der Waals surface area (Å²) < 4.78 is 5.49. The van der Waals surface area contributed by atoms with Crippen molar-refractivity contribution in [2.24, 2.45) is 22.6 Å². The molecule has 0 aromatic carbocycles. The van der Waals surface area contributed by atoms with Crippen molar-refractivity contribution in [3.63, 3.8) is 0 Å². The van der Waals surface area contributed by atoms with E-state index in [9.17, 15) is 0 Å². The summed E-state index contributed by atoms with van der Waals surface area (Å²) in [6, 6.07) is 2.36. The van der Waals surface area contributed by atoms with E-state index in [0.29, 0.717) is 11.9 Å². The Morgan fingerprint density at radius 1 is 1.40 bits per heavy atom. The number of ether oxygens (including phenoxy) is 1. The molecule has 114 valence electrons. The van der Waals surface area contributed by atoms with Crippen molar-refractivity contribution in [3.8, 4) is 6.07 Å². The van der Waals surface area contributed by atoms with E-state index in [1.54, 1.807) is 0 Å². The maximum Gasteiger partial charge on any atom is 0.191 e. The van der Waals surface area contributed by atoms with Crippen LogP contribution in [0.25, 0.3) is 0 Å². The average molecular weight is 392 g/mol. The van der Waals surface area contributed by atoms with Crippen LogP contribution in [0.5, 0.6) is 0 Å². The molecule has 5 nitrogen and oxygen atoms in total. The molecular formula is C14H25IN4O. The summed E-state index contributed by atoms with van der Waals surface area (Å²) in [6.07, 6.45) is 4.48. The highest BCUT2D eigenvalue weighted by Crippen LogP contribution is 2.28. The molecule has 0 radical (unpaired) electrons. The molecule has 2 fully saturated rings. The second-order valence-corrected chi connectivity index (χ2v) is 5.67. The maximum absolute atomic E-state index is 8.87. The summed E-state index contributed by atoms with van der Waals surface area (Å²) in [5, 5.41) is 8.87. The average Bonchev–Trinajstić information content (AvgIpc) is 2.45. The lowest BCUT2D eigenvalue weighted by molar-refractivity contribution is 0.00526. The van der Waals surface area contributed by atoms with Gasteiger partial charge >= 0.3 is 0 Å². The van der Waals surface area contributed by atoms with Gasteiger partial charge in [-0.05, 0) is 38.5 Å². The zero-order chi connectivity index (χ0) is 13.7. The molecule has 1 aliphatic carbocycles. The molecule has 2 N–H and O–H groups in total. The number of morpholine rings is 1. The number of rotatable bonds is 2. The van der Waals surface area contributed by atoms with Crippen LogP contribution in [0.1, 0.15) is 32.6 Å². The van der Waals surface area contributed by atoms with Gasteiger partial charge in [-0.1, -0.05) is 0 Å². The van der Waals surface area contributed by atoms with Crippen LogP contribution in [0.3, 0.4) is 0 Å². The molecule has 1 aliphatic heterocycles. The summed E-state index contributed by atoms with van der Waals surface area (Å²) in [4.78, 5) is 6.64. The Kier molecular flexibility index (Phi) is 7.59. The number of nitrogens with zero attached hydrogens (tertiary/aromatic N) is 3. The van der Waals surface area contributed by atoms with E-state index in [2.05, 4.69) is 22.9 Å². The van der Waals surface area contributed by atoms with E-state index < -0.39 is 0 Å². The van der Waals surface area contributed by atoms with Gasteiger partial charge in [-0.25, -0.2) is 0 Å². The monoisotopic (exact) mass is 392 g/mol. The van der Waals surface area contributed by atoms with Gasteiger partial charge in [0.2, 0.25) is 0 Å². The van der Waals surface area contributed by atoms with Crippen LogP contribution < -0.4 is 5.73 Å². The van der Waals surface area contributed by atoms with Gasteiger partial charge in [-0.3, -0.25) is 4.99 Å². The third-order valence-corrected chi connectivity index (χ3v) is 4.11. The fourth-order valence-electron chi connectivity index (χ4n) is 2.82. The number of aliphatic imine (C=N–C) groups is 1. The topological polar surface area (TPSA) is 74.6 Å². The summed E-state index contributed by atoms with van der Waals surface area (Å²) >= 11 is 0. The minimum Gasteiger partial charge on any atom is -0.375 e. The molecule has 2 aliphatic rings. The number of guanidine groups is 1. The molecule has 6 heteroatoms. The highest BCUT2D eigenvalue weighted by molar-refractivity contribution is 14.0. The Labute approximate surface area is 138 Å². The van der Waals surface area contributed by atoms with Crippen molar-refractivity contribution in [1.82, 2.24) is 4.90 Å². The normalized spacial score (nSPS) is 31.3. The fourth-order valence-corrected chi connectivity index (χ4v) is 2.82. The molecule has 1 saturated heterocycles. The van der Waals surface area contributed by atoms with Crippen LogP contribution >= 0.6 is 24.0 Å². The second kappa shape index (κ2) is 8.67. The summed E-state index contributed by atoms with van der Waals surface area (Å²) in [5.41, 5.74) is 6.05. The van der Waals surface area contributed by atoms with Crippen molar-refractivity contribution in [1.29, 1.82) is 5.26 Å². The summed E-state index contributed by atoms with van der Waals surface area (Å²) in [7, 11) is 0. The molecule has 0 bridgehead atoms. The SMILES string of the molecule is CC1CN(C(N)=NCC2CCC(C#N)CC2)CCO1.I. The number of nitriles is 1. The minimum atomic E-state index is 0. The summed E-state index contributed by atoms with van der Waals surface area (Å²) in [6.45, 7) is 5.25. The maximum atomic E-state index is 8.87. The van der Waals surface area contributed by atoms with E-state index in [0.717, 1.165) is 51.9 Å². The predicted octanol–water partition coefficient (Wildman–Crippen LogP) is 1.97. The number of nitrogens with two attached hydrogens (primary N) is 1. The fraction of sp³-hybridized carbons (Fsp3) is 0.857. The largest absolute Gasteiger partial charge is 0.375 e. The molecule has 0 aromatic rings. The first kappa shape index (κ1) is 17.5. The third kappa shape index (κ3) is 5.09. The van der Waals surface area contributed by atoms with E-state index in [4.69, 9.17) is 15.7 Å². The molecule has 2 rings (SSSR count). The van der Waals surface area contributed by atoms with Gasteiger partial charge in [0, 0.05) is 25.6 Å². The van der Waals surface area contributed by atoms with Gasteiger partial charge < -0.3 is 15.4 Å². The van der Waals surface area contributed by atoms with E-state index >= 15 is 0 Å². The predicted molar refractivity (Wildman–Crippen MR) is 90.0 cm³/mol. The van der Waals surface area contributed by atoms with E-state index in [-0.39, 0.29) is 36.0 Å². The molecular weight excluding hydrogens is 367 g/mol. The highest BCUT2D eigenvalue weighted by atomic mass is 127. The Bertz CT molecular complexity index is 361. The molecule has 1 saturated carbocycles. The Morgan fingerprint density at radius 3 is 2.70 bits per heavy atom. The standard InChI is InChI=1S/C14H24N4O.HI/c1-11-10-18(6-7-19-11)14(16)17-9-13-4-2-12(8-15)3-5-13;/h11-13H,2-7,9-10H2,1H3,(H2,16,17);1H. The van der Waals surface area contributed by atoms with Crippen LogP contribution in [0.4, 0.5) is 0 Å². The van der Waals surface area contributed by atoms with E-state index in [1.165, 1.54) is 0 Å². The van der Waals surface area contributed by atoms with Crippen LogP contribution in [0.2, 0.25) is 0 Å². The van der Waals surface area contributed by atoms with E-state index in [1.807, 2.05) is 0 Å². The molecule has 20 heavy (non-hydrogen) atoms. The quantitative estimate of drug-likeness (QED) is 0.443. The van der Waals surface area contributed by atoms with Crippen LogP contribution in [-0.4, -0.2) is 43.2 Å². The van der Waals surface area contributed by atoms with Crippen LogP contribution in [0.15, 0.2) is 4.99 Å². The molecule has 1 heterocycles. The van der Waals surface area contributed by atoms with Gasteiger partial charge in [0.05, 0.1) is 18.8 Å². The third-order valence-electron chi connectivity index (χ3n) is 4.11. The lowest BCUT2D eigenvalue weighted by atomic mass is 9.83. The minimum absolute atomic E-state index is 0. The number of halogens is 1. The Balaban J connectivity index is 0.00000200. The van der Waals surface area contributed by atoms with Crippen LogP contribution in [0, 0.1) is 23.2 Å². The van der Waals surface area contributed by atoms with Crippen molar-refractivity contribution in [3.05, 3.63) is 0 Å². The second-order valence-electron chi connectivity index (χ2n) is 5.67. The van der Waals surface area contributed by atoms with Gasteiger partial charge in [-0.15, -0.1) is 24.0 Å². The van der Waals surface area contributed by atoms with Crippen molar-refractivity contribution in [2.45, 2.75) is 38.7 Å². The lowest BCUT2D eigenvalue weighted by Gasteiger charge is -2.32. The van der Waals surface area contributed by atoms with Gasteiger partial charge in [0.15, 0.2) is 5.96 Å². The Morgan fingerprint density at radius 2 is 2.10 bits per heavy atom. The number of hydrogen-bond donors (Lipinski definition) is 1. The molecule has 1 unspecified atom stereocenters. The zero-order valence-electron chi connectivity index (χ0n) is 12.1. The Hall–Kier alpha value is -0.550. The number of hydrogen-bond acceptors (Lipinski definition) is 3.